The Bertz CT molecular complexity index is 349. The van der Waals surface area contributed by atoms with Crippen molar-refractivity contribution in [2.75, 3.05) is 11.6 Å². The van der Waals surface area contributed by atoms with Crippen molar-refractivity contribution in [1.29, 1.82) is 0 Å². The Morgan fingerprint density at radius 1 is 1.43 bits per heavy atom. The monoisotopic (exact) mass is 237 g/mol. The summed E-state index contributed by atoms with van der Waals surface area (Å²) in [5.41, 5.74) is 0. The molecule has 0 bridgehead atoms. The zero-order chi connectivity index (χ0) is 10.3. The molecule has 1 heterocycles. The molecule has 1 saturated heterocycles. The highest BCUT2D eigenvalue weighted by Crippen LogP contribution is 2.35. The number of rotatable bonds is 3. The van der Waals surface area contributed by atoms with E-state index in [-0.39, 0.29) is 11.1 Å². The van der Waals surface area contributed by atoms with E-state index < -0.39 is 22.0 Å². The van der Waals surface area contributed by atoms with Crippen molar-refractivity contribution in [3.63, 3.8) is 0 Å². The minimum atomic E-state index is -3.33. The van der Waals surface area contributed by atoms with Crippen LogP contribution in [0.5, 0.6) is 0 Å². The van der Waals surface area contributed by atoms with Crippen molar-refractivity contribution < 1.29 is 18.3 Å². The van der Waals surface area contributed by atoms with E-state index in [4.69, 9.17) is 5.11 Å². The van der Waals surface area contributed by atoms with E-state index in [0.29, 0.717) is 18.6 Å². The zero-order valence-corrected chi connectivity index (χ0v) is 9.05. The van der Waals surface area contributed by atoms with Gasteiger partial charge in [-0.1, -0.05) is 0 Å². The van der Waals surface area contributed by atoms with Gasteiger partial charge < -0.3 is 5.11 Å². The molecule has 1 atom stereocenters. The van der Waals surface area contributed by atoms with Crippen LogP contribution in [0.4, 0.5) is 0 Å². The first-order valence-electron chi connectivity index (χ1n) is 4.34. The molecule has 1 aliphatic heterocycles. The van der Waals surface area contributed by atoms with Gasteiger partial charge in [-0.25, -0.2) is 8.42 Å². The summed E-state index contributed by atoms with van der Waals surface area (Å²) < 4.78 is 24.7. The first-order valence-corrected chi connectivity index (χ1v) is 7.00. The number of nitrogens with zero attached hydrogens (tertiary/aromatic N) is 1. The highest BCUT2D eigenvalue weighted by atomic mass is 32.2. The van der Waals surface area contributed by atoms with Crippen LogP contribution in [0.15, 0.2) is 0 Å². The molecule has 0 amide bonds. The van der Waals surface area contributed by atoms with Gasteiger partial charge in [0.05, 0.1) is 11.1 Å². The quantitative estimate of drug-likeness (QED) is 0.744. The van der Waals surface area contributed by atoms with Crippen molar-refractivity contribution in [2.24, 2.45) is 0 Å². The third-order valence-electron chi connectivity index (χ3n) is 2.40. The second-order valence-electron chi connectivity index (χ2n) is 3.49. The highest BCUT2D eigenvalue weighted by Gasteiger charge is 2.46. The summed E-state index contributed by atoms with van der Waals surface area (Å²) >= 11 is 1.36. The van der Waals surface area contributed by atoms with E-state index in [2.05, 4.69) is 0 Å². The maximum Gasteiger partial charge on any atom is 0.322 e. The molecule has 0 unspecified atom stereocenters. The van der Waals surface area contributed by atoms with Crippen LogP contribution < -0.4 is 0 Å². The van der Waals surface area contributed by atoms with Gasteiger partial charge in [0.25, 0.3) is 0 Å². The molecule has 2 fully saturated rings. The Morgan fingerprint density at radius 3 is 2.57 bits per heavy atom. The fourth-order valence-electron chi connectivity index (χ4n) is 1.43. The third kappa shape index (κ3) is 1.64. The van der Waals surface area contributed by atoms with Gasteiger partial charge in [0, 0.05) is 5.75 Å². The summed E-state index contributed by atoms with van der Waals surface area (Å²) in [7, 11) is -3.33. The van der Waals surface area contributed by atoms with Crippen molar-refractivity contribution in [2.45, 2.75) is 24.1 Å². The summed E-state index contributed by atoms with van der Waals surface area (Å²) in [5.74, 6) is -0.392. The lowest BCUT2D eigenvalue weighted by Crippen LogP contribution is -2.43. The second-order valence-corrected chi connectivity index (χ2v) is 6.65. The molecule has 7 heteroatoms. The molecular formula is C7H11NO4S2. The van der Waals surface area contributed by atoms with E-state index >= 15 is 0 Å². The SMILES string of the molecule is O=C(O)[C@@H]1CSCN1S(=O)(=O)C1CC1. The Balaban J connectivity index is 2.20. The van der Waals surface area contributed by atoms with Crippen LogP contribution in [0.25, 0.3) is 0 Å². The van der Waals surface area contributed by atoms with E-state index in [1.165, 1.54) is 11.8 Å². The van der Waals surface area contributed by atoms with Gasteiger partial charge in [0.15, 0.2) is 0 Å². The van der Waals surface area contributed by atoms with Crippen molar-refractivity contribution in [3.05, 3.63) is 0 Å². The molecule has 1 N–H and O–H groups in total. The smallest absolute Gasteiger partial charge is 0.322 e. The van der Waals surface area contributed by atoms with Gasteiger partial charge in [-0.3, -0.25) is 4.79 Å². The normalized spacial score (nSPS) is 29.3. The van der Waals surface area contributed by atoms with Crippen molar-refractivity contribution >= 4 is 27.8 Å². The minimum Gasteiger partial charge on any atom is -0.480 e. The van der Waals surface area contributed by atoms with E-state index in [1.54, 1.807) is 0 Å². The van der Waals surface area contributed by atoms with E-state index in [1.807, 2.05) is 0 Å². The fourth-order valence-corrected chi connectivity index (χ4v) is 4.98. The molecule has 0 aromatic carbocycles. The molecule has 1 saturated carbocycles. The molecule has 1 aliphatic carbocycles. The van der Waals surface area contributed by atoms with Gasteiger partial charge in [0.2, 0.25) is 10.0 Å². The fraction of sp³-hybridized carbons (Fsp3) is 0.857. The first-order chi connectivity index (χ1) is 6.53. The molecule has 0 radical (unpaired) electrons. The first kappa shape index (κ1) is 10.3. The minimum absolute atomic E-state index is 0.288. The van der Waals surface area contributed by atoms with Crippen molar-refractivity contribution in [1.82, 2.24) is 4.31 Å². The number of thioether (sulfide) groups is 1. The number of carboxylic acid groups (broad SMARTS) is 1. The molecule has 0 aromatic rings. The largest absolute Gasteiger partial charge is 0.480 e. The van der Waals surface area contributed by atoms with Crippen LogP contribution >= 0.6 is 11.8 Å². The number of carbonyl (C=O) groups is 1. The summed E-state index contributed by atoms with van der Waals surface area (Å²) in [6, 6.07) is -0.856. The third-order valence-corrected chi connectivity index (χ3v) is 5.93. The number of hydrogen-bond acceptors (Lipinski definition) is 4. The number of carboxylic acids is 1. The Kier molecular flexibility index (Phi) is 2.48. The maximum absolute atomic E-state index is 11.8. The lowest BCUT2D eigenvalue weighted by atomic mass is 10.4. The van der Waals surface area contributed by atoms with E-state index in [9.17, 15) is 13.2 Å². The Morgan fingerprint density at radius 2 is 2.07 bits per heavy atom. The number of aliphatic carboxylic acids is 1. The summed E-state index contributed by atoms with van der Waals surface area (Å²) in [5, 5.41) is 8.51. The second kappa shape index (κ2) is 3.39. The average Bonchev–Trinajstić information content (AvgIpc) is 2.82. The summed E-state index contributed by atoms with van der Waals surface area (Å²) in [4.78, 5) is 10.8. The highest BCUT2D eigenvalue weighted by molar-refractivity contribution is 8.00. The molecule has 0 spiro atoms. The van der Waals surface area contributed by atoms with Gasteiger partial charge in [-0.05, 0) is 12.8 Å². The Hall–Kier alpha value is -0.270. The van der Waals surface area contributed by atoms with E-state index in [0.717, 1.165) is 4.31 Å². The molecular weight excluding hydrogens is 226 g/mol. The van der Waals surface area contributed by atoms with Crippen molar-refractivity contribution in [3.8, 4) is 0 Å². The summed E-state index contributed by atoms with van der Waals surface area (Å²) in [6.45, 7) is 0. The Labute approximate surface area is 86.5 Å². The molecule has 2 aliphatic rings. The molecule has 2 rings (SSSR count). The average molecular weight is 237 g/mol. The predicted molar refractivity (Wildman–Crippen MR) is 52.5 cm³/mol. The molecule has 14 heavy (non-hydrogen) atoms. The lowest BCUT2D eigenvalue weighted by Gasteiger charge is -2.19. The van der Waals surface area contributed by atoms with Gasteiger partial charge in [-0.2, -0.15) is 4.31 Å². The predicted octanol–water partition coefficient (Wildman–Crippen LogP) is -0.0619. The molecule has 0 aromatic heterocycles. The van der Waals surface area contributed by atoms with Gasteiger partial charge in [0.1, 0.15) is 6.04 Å². The maximum atomic E-state index is 11.8. The molecule has 80 valence electrons. The standard InChI is InChI=1S/C7H11NO4S2/c9-7(10)6-3-13-4-8(6)14(11,12)5-1-2-5/h5-6H,1-4H2,(H,9,10)/t6-/m0/s1. The van der Waals surface area contributed by atoms with Crippen LogP contribution in [-0.2, 0) is 14.8 Å². The van der Waals surface area contributed by atoms with Crippen LogP contribution in [0.2, 0.25) is 0 Å². The number of sulfonamides is 1. The van der Waals surface area contributed by atoms with Crippen LogP contribution in [0, 0.1) is 0 Å². The topological polar surface area (TPSA) is 74.7 Å². The van der Waals surface area contributed by atoms with Gasteiger partial charge in [-0.15, -0.1) is 11.8 Å². The molecule has 5 nitrogen and oxygen atoms in total. The van der Waals surface area contributed by atoms with Crippen LogP contribution in [-0.4, -0.2) is 46.7 Å². The number of hydrogen-bond donors (Lipinski definition) is 1. The zero-order valence-electron chi connectivity index (χ0n) is 7.42. The van der Waals surface area contributed by atoms with Crippen LogP contribution in [0.1, 0.15) is 12.8 Å². The van der Waals surface area contributed by atoms with Gasteiger partial charge >= 0.3 is 5.97 Å². The van der Waals surface area contributed by atoms with Crippen LogP contribution in [0.3, 0.4) is 0 Å². The summed E-state index contributed by atoms with van der Waals surface area (Å²) in [6.07, 6.45) is 1.35. The lowest BCUT2D eigenvalue weighted by molar-refractivity contribution is -0.140.